The second-order valence-corrected chi connectivity index (χ2v) is 11.5. The number of hydrogen-bond acceptors (Lipinski definition) is 6. The van der Waals surface area contributed by atoms with Crippen LogP contribution in [0.25, 0.3) is 0 Å². The van der Waals surface area contributed by atoms with Gasteiger partial charge in [0.05, 0.1) is 17.3 Å². The van der Waals surface area contributed by atoms with E-state index in [1.54, 1.807) is 4.57 Å². The molecule has 0 bridgehead atoms. The molecule has 1 atom stereocenters. The highest BCUT2D eigenvalue weighted by molar-refractivity contribution is 7.99. The zero-order valence-electron chi connectivity index (χ0n) is 17.4. The van der Waals surface area contributed by atoms with E-state index in [0.717, 1.165) is 31.2 Å². The monoisotopic (exact) mass is 464 g/mol. The minimum absolute atomic E-state index is 0.0596. The summed E-state index contributed by atoms with van der Waals surface area (Å²) in [5.74, 6) is 0.288. The topological polar surface area (TPSA) is 105 Å². The van der Waals surface area contributed by atoms with E-state index in [1.807, 2.05) is 35.2 Å². The molecule has 168 valence electrons. The number of nitrogens with zero attached hydrogens (tertiary/aromatic N) is 3. The average molecular weight is 465 g/mol. The van der Waals surface area contributed by atoms with Crippen LogP contribution in [-0.2, 0) is 27.6 Å². The van der Waals surface area contributed by atoms with E-state index in [9.17, 15) is 18.0 Å². The third-order valence-electron chi connectivity index (χ3n) is 6.12. The van der Waals surface area contributed by atoms with E-state index in [2.05, 4.69) is 10.2 Å². The number of rotatable bonds is 8. The molecule has 1 N–H and O–H groups in total. The van der Waals surface area contributed by atoms with Gasteiger partial charge in [-0.25, -0.2) is 18.3 Å². The maximum Gasteiger partial charge on any atom is 0.343 e. The third kappa shape index (κ3) is 5.41. The molecule has 2 aromatic rings. The molecule has 31 heavy (non-hydrogen) atoms. The van der Waals surface area contributed by atoms with Crippen molar-refractivity contribution in [2.24, 2.45) is 0 Å². The Bertz CT molecular complexity index is 1060. The van der Waals surface area contributed by atoms with Crippen LogP contribution in [0.15, 0.2) is 40.3 Å². The molecule has 4 rings (SSSR count). The van der Waals surface area contributed by atoms with Crippen molar-refractivity contribution in [2.75, 3.05) is 17.3 Å². The maximum atomic E-state index is 13.2. The molecule has 2 fully saturated rings. The first-order valence-corrected chi connectivity index (χ1v) is 13.6. The summed E-state index contributed by atoms with van der Waals surface area (Å²) < 4.78 is 25.6. The molecule has 1 saturated heterocycles. The van der Waals surface area contributed by atoms with Crippen LogP contribution in [0, 0.1) is 0 Å². The third-order valence-corrected chi connectivity index (χ3v) is 8.83. The van der Waals surface area contributed by atoms with Crippen LogP contribution in [0.4, 0.5) is 0 Å². The number of amides is 1. The zero-order valence-corrected chi connectivity index (χ0v) is 19.0. The van der Waals surface area contributed by atoms with Gasteiger partial charge in [-0.05, 0) is 31.2 Å². The Labute approximate surface area is 186 Å². The van der Waals surface area contributed by atoms with Crippen LogP contribution in [0.2, 0.25) is 0 Å². The first-order valence-electron chi connectivity index (χ1n) is 10.8. The second kappa shape index (κ2) is 9.60. The number of H-pyrrole nitrogens is 1. The molecule has 2 heterocycles. The van der Waals surface area contributed by atoms with Crippen LogP contribution in [0.5, 0.6) is 0 Å². The Balaban J connectivity index is 1.42. The summed E-state index contributed by atoms with van der Waals surface area (Å²) in [6.45, 7) is 0.475. The van der Waals surface area contributed by atoms with Crippen molar-refractivity contribution in [3.05, 3.63) is 46.4 Å². The number of nitrogens with one attached hydrogen (secondary N) is 1. The number of sulfone groups is 1. The van der Waals surface area contributed by atoms with E-state index < -0.39 is 9.84 Å². The van der Waals surface area contributed by atoms with E-state index in [-0.39, 0.29) is 40.9 Å². The standard InChI is InChI=1S/C21H28N4O4S2/c26-19(25(17-8-4-5-9-17)18-11-13-31(28,29)15-18)14-30-21-23-22-20(27)24(21)12-10-16-6-2-1-3-7-16/h1-3,6-7,17-18H,4-5,8-15H2,(H,22,27)/t18-/m1/s1. The Morgan fingerprint density at radius 1 is 1.16 bits per heavy atom. The van der Waals surface area contributed by atoms with Gasteiger partial charge in [0.15, 0.2) is 15.0 Å². The minimum Gasteiger partial charge on any atom is -0.335 e. The van der Waals surface area contributed by atoms with Crippen molar-refractivity contribution >= 4 is 27.5 Å². The quantitative estimate of drug-likeness (QED) is 0.598. The summed E-state index contributed by atoms with van der Waals surface area (Å²) in [4.78, 5) is 27.2. The van der Waals surface area contributed by atoms with Crippen LogP contribution >= 0.6 is 11.8 Å². The largest absolute Gasteiger partial charge is 0.343 e. The number of benzene rings is 1. The summed E-state index contributed by atoms with van der Waals surface area (Å²) in [5.41, 5.74) is 0.831. The van der Waals surface area contributed by atoms with Crippen LogP contribution in [-0.4, -0.2) is 63.3 Å². The van der Waals surface area contributed by atoms with Crippen molar-refractivity contribution in [3.8, 4) is 0 Å². The van der Waals surface area contributed by atoms with Crippen LogP contribution in [0.1, 0.15) is 37.7 Å². The second-order valence-electron chi connectivity index (χ2n) is 8.28. The average Bonchev–Trinajstić information content (AvgIpc) is 3.47. The fourth-order valence-corrected chi connectivity index (χ4v) is 7.13. The molecule has 0 radical (unpaired) electrons. The van der Waals surface area contributed by atoms with Crippen LogP contribution in [0.3, 0.4) is 0 Å². The van der Waals surface area contributed by atoms with E-state index in [0.29, 0.717) is 24.5 Å². The lowest BCUT2D eigenvalue weighted by molar-refractivity contribution is -0.132. The van der Waals surface area contributed by atoms with Crippen molar-refractivity contribution in [1.29, 1.82) is 0 Å². The predicted molar refractivity (Wildman–Crippen MR) is 120 cm³/mol. The Morgan fingerprint density at radius 3 is 2.58 bits per heavy atom. The lowest BCUT2D eigenvalue weighted by atomic mass is 10.1. The number of aryl methyl sites for hydroxylation is 1. The number of carbonyl (C=O) groups excluding carboxylic acids is 1. The highest BCUT2D eigenvalue weighted by Crippen LogP contribution is 2.30. The van der Waals surface area contributed by atoms with Gasteiger partial charge in [0.1, 0.15) is 0 Å². The van der Waals surface area contributed by atoms with Gasteiger partial charge in [-0.1, -0.05) is 54.9 Å². The van der Waals surface area contributed by atoms with Gasteiger partial charge >= 0.3 is 5.69 Å². The molecule has 1 aliphatic carbocycles. The Kier molecular flexibility index (Phi) is 6.86. The van der Waals surface area contributed by atoms with Gasteiger partial charge in [0.25, 0.3) is 0 Å². The zero-order chi connectivity index (χ0) is 21.8. The highest BCUT2D eigenvalue weighted by Gasteiger charge is 2.39. The first-order chi connectivity index (χ1) is 14.9. The fourth-order valence-electron chi connectivity index (χ4n) is 4.58. The van der Waals surface area contributed by atoms with E-state index in [1.165, 1.54) is 11.8 Å². The lowest BCUT2D eigenvalue weighted by Gasteiger charge is -2.34. The van der Waals surface area contributed by atoms with Gasteiger partial charge in [-0.15, -0.1) is 5.10 Å². The number of carbonyl (C=O) groups is 1. The Hall–Kier alpha value is -2.07. The van der Waals surface area contributed by atoms with Crippen molar-refractivity contribution in [1.82, 2.24) is 19.7 Å². The molecular weight excluding hydrogens is 436 g/mol. The fraction of sp³-hybridized carbons (Fsp3) is 0.571. The van der Waals surface area contributed by atoms with Crippen molar-refractivity contribution < 1.29 is 13.2 Å². The molecule has 1 saturated carbocycles. The van der Waals surface area contributed by atoms with Gasteiger partial charge in [-0.2, -0.15) is 0 Å². The van der Waals surface area contributed by atoms with Gasteiger partial charge < -0.3 is 4.90 Å². The molecule has 8 nitrogen and oxygen atoms in total. The number of hydrogen-bond donors (Lipinski definition) is 1. The number of aromatic amines is 1. The molecule has 1 aromatic heterocycles. The number of thioether (sulfide) groups is 1. The first kappa shape index (κ1) is 22.1. The SMILES string of the molecule is O=C(CSc1n[nH]c(=O)n1CCc1ccccc1)N(C1CCCC1)[C@@H]1CCS(=O)(=O)C1. The maximum absolute atomic E-state index is 13.2. The smallest absolute Gasteiger partial charge is 0.335 e. The van der Waals surface area contributed by atoms with Gasteiger partial charge in [0, 0.05) is 18.6 Å². The number of aromatic nitrogens is 3. The molecule has 1 aromatic carbocycles. The molecule has 2 aliphatic rings. The lowest BCUT2D eigenvalue weighted by Crippen LogP contribution is -2.47. The summed E-state index contributed by atoms with van der Waals surface area (Å²) >= 11 is 1.24. The molecule has 1 aliphatic heterocycles. The van der Waals surface area contributed by atoms with Crippen molar-refractivity contribution in [3.63, 3.8) is 0 Å². The molecule has 0 spiro atoms. The molecule has 0 unspecified atom stereocenters. The van der Waals surface area contributed by atoms with Crippen molar-refractivity contribution in [2.45, 2.75) is 62.3 Å². The summed E-state index contributed by atoms with van der Waals surface area (Å²) in [5, 5.41) is 7.06. The Morgan fingerprint density at radius 2 is 1.90 bits per heavy atom. The summed E-state index contributed by atoms with van der Waals surface area (Å²) in [6, 6.07) is 9.77. The van der Waals surface area contributed by atoms with Crippen LogP contribution < -0.4 is 5.69 Å². The summed E-state index contributed by atoms with van der Waals surface area (Å²) in [6.07, 6.45) is 5.20. The predicted octanol–water partition coefficient (Wildman–Crippen LogP) is 1.86. The van der Waals surface area contributed by atoms with E-state index in [4.69, 9.17) is 0 Å². The van der Waals surface area contributed by atoms with E-state index >= 15 is 0 Å². The molecule has 10 heteroatoms. The normalized spacial score (nSPS) is 20.8. The van der Waals surface area contributed by atoms with Gasteiger partial charge in [-0.3, -0.25) is 9.36 Å². The van der Waals surface area contributed by atoms with Gasteiger partial charge in [0.2, 0.25) is 5.91 Å². The summed E-state index contributed by atoms with van der Waals surface area (Å²) in [7, 11) is -3.07. The minimum atomic E-state index is -3.07. The molecule has 1 amide bonds. The highest BCUT2D eigenvalue weighted by atomic mass is 32.2. The molecular formula is C21H28N4O4S2.